The van der Waals surface area contributed by atoms with Crippen molar-refractivity contribution in [3.8, 4) is 0 Å². The number of piperazine rings is 1. The summed E-state index contributed by atoms with van der Waals surface area (Å²) in [5.41, 5.74) is 1.55. The zero-order valence-corrected chi connectivity index (χ0v) is 14.9. The molecule has 0 atom stereocenters. The van der Waals surface area contributed by atoms with Gasteiger partial charge in [-0.2, -0.15) is 0 Å². The minimum Gasteiger partial charge on any atom is -0.359 e. The van der Waals surface area contributed by atoms with Gasteiger partial charge in [0.25, 0.3) is 5.91 Å². The molecule has 132 valence electrons. The van der Waals surface area contributed by atoms with E-state index in [0.29, 0.717) is 10.7 Å². The highest BCUT2D eigenvalue weighted by Crippen LogP contribution is 2.30. The lowest BCUT2D eigenvalue weighted by atomic mass is 10.1. The van der Waals surface area contributed by atoms with E-state index in [1.54, 1.807) is 23.1 Å². The van der Waals surface area contributed by atoms with Crippen molar-refractivity contribution in [2.24, 2.45) is 0 Å². The van der Waals surface area contributed by atoms with Crippen LogP contribution >= 0.6 is 11.6 Å². The second-order valence-corrected chi connectivity index (χ2v) is 6.62. The van der Waals surface area contributed by atoms with E-state index < -0.39 is 11.7 Å². The molecule has 2 aromatic rings. The van der Waals surface area contributed by atoms with Crippen molar-refractivity contribution in [2.45, 2.75) is 6.92 Å². The molecule has 6 heteroatoms. The first-order valence-corrected chi connectivity index (χ1v) is 8.90. The summed E-state index contributed by atoms with van der Waals surface area (Å²) in [4.78, 5) is 16.3. The number of rotatable bonds is 4. The number of carbonyl (C=O) groups is 1. The van der Waals surface area contributed by atoms with Crippen LogP contribution in [0.2, 0.25) is 5.02 Å². The molecule has 1 amide bonds. The fraction of sp³-hybridized carbons (Fsp3) is 0.316. The number of amides is 1. The summed E-state index contributed by atoms with van der Waals surface area (Å²) in [6.45, 7) is 7.24. The van der Waals surface area contributed by atoms with Crippen LogP contribution in [0, 0.1) is 5.82 Å². The number of carbonyl (C=O) groups excluding carboxylic acids is 1. The molecule has 0 unspecified atom stereocenters. The van der Waals surface area contributed by atoms with Crippen LogP contribution in [0.25, 0.3) is 0 Å². The molecule has 25 heavy (non-hydrogen) atoms. The maximum Gasteiger partial charge on any atom is 0.258 e. The normalized spacial score (nSPS) is 15.2. The molecule has 1 fully saturated rings. The second kappa shape index (κ2) is 7.85. The SMILES string of the molecule is CC[NH+]1CCN(c2ccc(Cl)cc2NC(=O)c2ccccc2F)CC1. The fourth-order valence-electron chi connectivity index (χ4n) is 3.14. The van der Waals surface area contributed by atoms with Gasteiger partial charge in [0.2, 0.25) is 0 Å². The lowest BCUT2D eigenvalue weighted by molar-refractivity contribution is -0.898. The zero-order chi connectivity index (χ0) is 17.8. The Morgan fingerprint density at radius 1 is 1.24 bits per heavy atom. The van der Waals surface area contributed by atoms with Gasteiger partial charge in [-0.3, -0.25) is 4.79 Å². The number of quaternary nitrogens is 1. The van der Waals surface area contributed by atoms with Crippen molar-refractivity contribution < 1.29 is 14.1 Å². The summed E-state index contributed by atoms with van der Waals surface area (Å²) in [5, 5.41) is 3.35. The maximum absolute atomic E-state index is 13.9. The number of anilines is 2. The van der Waals surface area contributed by atoms with E-state index in [1.807, 2.05) is 12.1 Å². The average Bonchev–Trinajstić information content (AvgIpc) is 2.62. The molecule has 0 saturated carbocycles. The van der Waals surface area contributed by atoms with Crippen LogP contribution in [0.5, 0.6) is 0 Å². The van der Waals surface area contributed by atoms with Gasteiger partial charge in [-0.1, -0.05) is 23.7 Å². The summed E-state index contributed by atoms with van der Waals surface area (Å²) in [6.07, 6.45) is 0. The van der Waals surface area contributed by atoms with E-state index in [4.69, 9.17) is 11.6 Å². The van der Waals surface area contributed by atoms with Gasteiger partial charge in [-0.15, -0.1) is 0 Å². The van der Waals surface area contributed by atoms with E-state index >= 15 is 0 Å². The number of benzene rings is 2. The number of halogens is 2. The standard InChI is InChI=1S/C19H21ClFN3O/c1-2-23-9-11-24(12-10-23)18-8-7-14(20)13-17(18)22-19(25)15-5-3-4-6-16(15)21/h3-8,13H,2,9-12H2,1H3,(H,22,25)/p+1. The molecule has 1 aliphatic rings. The molecule has 0 bridgehead atoms. The lowest BCUT2D eigenvalue weighted by Gasteiger charge is -2.34. The highest BCUT2D eigenvalue weighted by molar-refractivity contribution is 6.31. The number of likely N-dealkylation sites (N-methyl/N-ethyl adjacent to an activating group) is 1. The van der Waals surface area contributed by atoms with Crippen molar-refractivity contribution in [1.82, 2.24) is 0 Å². The van der Waals surface area contributed by atoms with Gasteiger partial charge < -0.3 is 15.1 Å². The van der Waals surface area contributed by atoms with Gasteiger partial charge >= 0.3 is 0 Å². The summed E-state index contributed by atoms with van der Waals surface area (Å²) in [5.74, 6) is -1.01. The van der Waals surface area contributed by atoms with E-state index in [1.165, 1.54) is 12.1 Å². The minimum atomic E-state index is -0.538. The van der Waals surface area contributed by atoms with Crippen LogP contribution in [0.4, 0.5) is 15.8 Å². The molecule has 0 spiro atoms. The first-order valence-electron chi connectivity index (χ1n) is 8.52. The Hall–Kier alpha value is -2.11. The Morgan fingerprint density at radius 3 is 2.64 bits per heavy atom. The molecule has 0 radical (unpaired) electrons. The van der Waals surface area contributed by atoms with Gasteiger partial charge in [-0.25, -0.2) is 4.39 Å². The van der Waals surface area contributed by atoms with Crippen LogP contribution in [-0.2, 0) is 0 Å². The minimum absolute atomic E-state index is 0.0219. The Bertz CT molecular complexity index is 760. The van der Waals surface area contributed by atoms with Gasteiger partial charge in [0.1, 0.15) is 5.82 Å². The van der Waals surface area contributed by atoms with Crippen LogP contribution < -0.4 is 15.1 Å². The fourth-order valence-corrected chi connectivity index (χ4v) is 3.31. The topological polar surface area (TPSA) is 36.8 Å². The molecule has 1 aliphatic heterocycles. The van der Waals surface area contributed by atoms with Crippen LogP contribution in [0.3, 0.4) is 0 Å². The highest BCUT2D eigenvalue weighted by Gasteiger charge is 2.22. The molecule has 3 rings (SSSR count). The predicted octanol–water partition coefficient (Wildman–Crippen LogP) is 2.46. The van der Waals surface area contributed by atoms with Gasteiger partial charge in [-0.05, 0) is 37.3 Å². The number of hydrogen-bond donors (Lipinski definition) is 2. The third-order valence-corrected chi connectivity index (χ3v) is 4.87. The van der Waals surface area contributed by atoms with Crippen molar-refractivity contribution in [2.75, 3.05) is 42.9 Å². The van der Waals surface area contributed by atoms with Crippen molar-refractivity contribution >= 4 is 28.9 Å². The third kappa shape index (κ3) is 4.11. The first-order chi connectivity index (χ1) is 12.1. The summed E-state index contributed by atoms with van der Waals surface area (Å²) in [6, 6.07) is 11.4. The van der Waals surface area contributed by atoms with Crippen LogP contribution in [0.1, 0.15) is 17.3 Å². The predicted molar refractivity (Wildman–Crippen MR) is 99.3 cm³/mol. The number of hydrogen-bond acceptors (Lipinski definition) is 2. The van der Waals surface area contributed by atoms with E-state index in [9.17, 15) is 9.18 Å². The first kappa shape index (κ1) is 17.7. The van der Waals surface area contributed by atoms with Crippen LogP contribution in [-0.4, -0.2) is 38.6 Å². The summed E-state index contributed by atoms with van der Waals surface area (Å²) >= 11 is 6.11. The Balaban J connectivity index is 1.83. The van der Waals surface area contributed by atoms with Crippen molar-refractivity contribution in [1.29, 1.82) is 0 Å². The van der Waals surface area contributed by atoms with E-state index in [0.717, 1.165) is 38.4 Å². The molecule has 4 nitrogen and oxygen atoms in total. The largest absolute Gasteiger partial charge is 0.359 e. The van der Waals surface area contributed by atoms with Gasteiger partial charge in [0, 0.05) is 5.02 Å². The molecule has 1 saturated heterocycles. The average molecular weight is 363 g/mol. The molecule has 0 aromatic heterocycles. The van der Waals surface area contributed by atoms with Crippen molar-refractivity contribution in [3.05, 3.63) is 58.9 Å². The summed E-state index contributed by atoms with van der Waals surface area (Å²) < 4.78 is 13.9. The van der Waals surface area contributed by atoms with Gasteiger partial charge in [0.15, 0.2) is 0 Å². The number of nitrogens with zero attached hydrogens (tertiary/aromatic N) is 1. The molecular weight excluding hydrogens is 341 g/mol. The molecular formula is C19H22ClFN3O+. The highest BCUT2D eigenvalue weighted by atomic mass is 35.5. The third-order valence-electron chi connectivity index (χ3n) is 4.64. The molecule has 2 N–H and O–H groups in total. The Labute approximate surface area is 152 Å². The molecule has 2 aromatic carbocycles. The quantitative estimate of drug-likeness (QED) is 0.876. The van der Waals surface area contributed by atoms with E-state index in [2.05, 4.69) is 17.1 Å². The molecule has 1 heterocycles. The van der Waals surface area contributed by atoms with Crippen LogP contribution in [0.15, 0.2) is 42.5 Å². The summed E-state index contributed by atoms with van der Waals surface area (Å²) in [7, 11) is 0. The monoisotopic (exact) mass is 362 g/mol. The Morgan fingerprint density at radius 2 is 1.96 bits per heavy atom. The van der Waals surface area contributed by atoms with Gasteiger partial charge in [0.05, 0.1) is 49.7 Å². The second-order valence-electron chi connectivity index (χ2n) is 6.19. The Kier molecular flexibility index (Phi) is 5.56. The maximum atomic E-state index is 13.9. The van der Waals surface area contributed by atoms with Crippen molar-refractivity contribution in [3.63, 3.8) is 0 Å². The zero-order valence-electron chi connectivity index (χ0n) is 14.2. The lowest BCUT2D eigenvalue weighted by Crippen LogP contribution is -3.14. The molecule has 0 aliphatic carbocycles. The number of nitrogens with one attached hydrogen (secondary N) is 2. The van der Waals surface area contributed by atoms with E-state index in [-0.39, 0.29) is 5.56 Å². The smallest absolute Gasteiger partial charge is 0.258 e.